The Kier molecular flexibility index (Phi) is 3.00. The molecule has 1 aromatic carbocycles. The highest BCUT2D eigenvalue weighted by Gasteiger charge is 2.19. The molecule has 1 unspecified atom stereocenters. The highest BCUT2D eigenvalue weighted by molar-refractivity contribution is 5.96. The van der Waals surface area contributed by atoms with E-state index in [9.17, 15) is 10.1 Å². The van der Waals surface area contributed by atoms with Crippen LogP contribution in [0.15, 0.2) is 30.5 Å². The average molecular weight is 259 g/mol. The van der Waals surface area contributed by atoms with Crippen LogP contribution in [0.2, 0.25) is 0 Å². The summed E-state index contributed by atoms with van der Waals surface area (Å²) in [5, 5.41) is 15.1. The molecule has 1 fully saturated rings. The van der Waals surface area contributed by atoms with Crippen LogP contribution in [0.4, 0.5) is 11.4 Å². The minimum Gasteiger partial charge on any atom is -0.379 e. The van der Waals surface area contributed by atoms with Crippen molar-refractivity contribution in [2.75, 3.05) is 18.5 Å². The van der Waals surface area contributed by atoms with Crippen molar-refractivity contribution in [3.05, 3.63) is 40.6 Å². The maximum Gasteiger partial charge on any atom is 0.295 e. The van der Waals surface area contributed by atoms with Gasteiger partial charge in [-0.1, -0.05) is 0 Å². The zero-order valence-electron chi connectivity index (χ0n) is 10.2. The van der Waals surface area contributed by atoms with E-state index in [1.54, 1.807) is 18.3 Å². The van der Waals surface area contributed by atoms with Gasteiger partial charge in [0.15, 0.2) is 0 Å². The number of fused-ring (bicyclic) bond motifs is 1. The number of non-ortho nitro benzene ring substituents is 1. The summed E-state index contributed by atoms with van der Waals surface area (Å²) >= 11 is 0. The molecular weight excluding hydrogens is 246 g/mol. The second kappa shape index (κ2) is 4.81. The van der Waals surface area contributed by atoms with Gasteiger partial charge in [0.25, 0.3) is 5.69 Å². The van der Waals surface area contributed by atoms with Gasteiger partial charge in [0, 0.05) is 29.9 Å². The lowest BCUT2D eigenvalue weighted by Crippen LogP contribution is -2.19. The molecular formula is C13H13N3O3. The summed E-state index contributed by atoms with van der Waals surface area (Å²) in [5.74, 6) is 0. The molecule has 6 heteroatoms. The third-order valence-electron chi connectivity index (χ3n) is 3.23. The number of anilines is 1. The van der Waals surface area contributed by atoms with Gasteiger partial charge < -0.3 is 10.1 Å². The summed E-state index contributed by atoms with van der Waals surface area (Å²) in [5.41, 5.74) is 1.31. The number of rotatable bonds is 3. The van der Waals surface area contributed by atoms with E-state index in [2.05, 4.69) is 10.3 Å². The zero-order valence-corrected chi connectivity index (χ0v) is 10.2. The normalized spacial score (nSPS) is 18.6. The van der Waals surface area contributed by atoms with Crippen molar-refractivity contribution < 1.29 is 9.66 Å². The van der Waals surface area contributed by atoms with Crippen molar-refractivity contribution in [1.82, 2.24) is 4.98 Å². The molecule has 19 heavy (non-hydrogen) atoms. The van der Waals surface area contributed by atoms with Gasteiger partial charge in [0.05, 0.1) is 17.6 Å². The Balaban J connectivity index is 2.05. The summed E-state index contributed by atoms with van der Waals surface area (Å²) in [6, 6.07) is 7.11. The molecule has 1 atom stereocenters. The molecule has 0 aliphatic carbocycles. The molecule has 0 saturated carbocycles. The third-order valence-corrected chi connectivity index (χ3v) is 3.23. The average Bonchev–Trinajstić information content (AvgIpc) is 2.91. The standard InChI is InChI=1S/C13H13N3O3/c17-16(18)12-4-3-11(15-9-5-7-19-8-9)10-2-1-6-14-13(10)12/h1-4,6,9,15H,5,7-8H2. The van der Waals surface area contributed by atoms with Gasteiger partial charge in [0.1, 0.15) is 5.52 Å². The van der Waals surface area contributed by atoms with Gasteiger partial charge >= 0.3 is 0 Å². The Morgan fingerprint density at radius 2 is 2.32 bits per heavy atom. The van der Waals surface area contributed by atoms with Gasteiger partial charge in [-0.3, -0.25) is 10.1 Å². The first-order valence-electron chi connectivity index (χ1n) is 6.12. The molecule has 0 amide bonds. The first-order valence-corrected chi connectivity index (χ1v) is 6.12. The number of nitrogens with zero attached hydrogens (tertiary/aromatic N) is 2. The highest BCUT2D eigenvalue weighted by atomic mass is 16.6. The largest absolute Gasteiger partial charge is 0.379 e. The van der Waals surface area contributed by atoms with Crippen molar-refractivity contribution in [1.29, 1.82) is 0 Å². The maximum absolute atomic E-state index is 11.0. The van der Waals surface area contributed by atoms with E-state index >= 15 is 0 Å². The minimum absolute atomic E-state index is 0.0313. The van der Waals surface area contributed by atoms with E-state index in [0.29, 0.717) is 12.1 Å². The first-order chi connectivity index (χ1) is 9.25. The van der Waals surface area contributed by atoms with Crippen LogP contribution in [0.3, 0.4) is 0 Å². The van der Waals surface area contributed by atoms with E-state index in [0.717, 1.165) is 24.1 Å². The number of ether oxygens (including phenoxy) is 1. The molecule has 1 aliphatic heterocycles. The van der Waals surface area contributed by atoms with Crippen LogP contribution in [0.1, 0.15) is 6.42 Å². The van der Waals surface area contributed by atoms with E-state index in [1.165, 1.54) is 6.07 Å². The number of aromatic nitrogens is 1. The molecule has 2 heterocycles. The predicted molar refractivity (Wildman–Crippen MR) is 71.2 cm³/mol. The summed E-state index contributed by atoms with van der Waals surface area (Å²) < 4.78 is 5.32. The minimum atomic E-state index is -0.405. The van der Waals surface area contributed by atoms with Crippen molar-refractivity contribution in [3.8, 4) is 0 Å². The van der Waals surface area contributed by atoms with Crippen LogP contribution in [0, 0.1) is 10.1 Å². The van der Waals surface area contributed by atoms with Gasteiger partial charge in [-0.15, -0.1) is 0 Å². The number of hydrogen-bond donors (Lipinski definition) is 1. The summed E-state index contributed by atoms with van der Waals surface area (Å²) in [7, 11) is 0. The first kappa shape index (κ1) is 11.9. The predicted octanol–water partition coefficient (Wildman–Crippen LogP) is 2.34. The Morgan fingerprint density at radius 3 is 3.05 bits per heavy atom. The fraction of sp³-hybridized carbons (Fsp3) is 0.308. The fourth-order valence-electron chi connectivity index (χ4n) is 2.30. The second-order valence-electron chi connectivity index (χ2n) is 4.49. The second-order valence-corrected chi connectivity index (χ2v) is 4.49. The molecule has 2 aromatic rings. The summed E-state index contributed by atoms with van der Waals surface area (Å²) in [6.07, 6.45) is 2.51. The molecule has 1 saturated heterocycles. The van der Waals surface area contributed by atoms with Gasteiger partial charge in [-0.25, -0.2) is 4.98 Å². The van der Waals surface area contributed by atoms with Crippen molar-refractivity contribution in [3.63, 3.8) is 0 Å². The molecule has 3 rings (SSSR count). The molecule has 98 valence electrons. The van der Waals surface area contributed by atoms with Crippen LogP contribution in [0.5, 0.6) is 0 Å². The Labute approximate surface area is 109 Å². The van der Waals surface area contributed by atoms with Crippen LogP contribution in [-0.2, 0) is 4.74 Å². The summed E-state index contributed by atoms with van der Waals surface area (Å²) in [6.45, 7) is 1.42. The third kappa shape index (κ3) is 2.22. The topological polar surface area (TPSA) is 77.3 Å². The lowest BCUT2D eigenvalue weighted by molar-refractivity contribution is -0.383. The van der Waals surface area contributed by atoms with Crippen LogP contribution >= 0.6 is 0 Å². The van der Waals surface area contributed by atoms with Gasteiger partial charge in [-0.05, 0) is 24.6 Å². The highest BCUT2D eigenvalue weighted by Crippen LogP contribution is 2.30. The molecule has 0 spiro atoms. The molecule has 1 aliphatic rings. The van der Waals surface area contributed by atoms with E-state index in [4.69, 9.17) is 4.74 Å². The lowest BCUT2D eigenvalue weighted by Gasteiger charge is -2.14. The number of benzene rings is 1. The number of hydrogen-bond acceptors (Lipinski definition) is 5. The lowest BCUT2D eigenvalue weighted by atomic mass is 10.1. The fourth-order valence-corrected chi connectivity index (χ4v) is 2.30. The molecule has 1 N–H and O–H groups in total. The monoisotopic (exact) mass is 259 g/mol. The van der Waals surface area contributed by atoms with E-state index < -0.39 is 4.92 Å². The van der Waals surface area contributed by atoms with Crippen LogP contribution < -0.4 is 5.32 Å². The van der Waals surface area contributed by atoms with E-state index in [1.807, 2.05) is 6.07 Å². The SMILES string of the molecule is O=[N+]([O-])c1ccc(NC2CCOC2)c2cccnc12. The number of nitro groups is 1. The van der Waals surface area contributed by atoms with Gasteiger partial charge in [-0.2, -0.15) is 0 Å². The maximum atomic E-state index is 11.0. The number of nitro benzene ring substituents is 1. The van der Waals surface area contributed by atoms with Gasteiger partial charge in [0.2, 0.25) is 0 Å². The zero-order chi connectivity index (χ0) is 13.2. The molecule has 0 radical (unpaired) electrons. The van der Waals surface area contributed by atoms with Crippen molar-refractivity contribution in [2.24, 2.45) is 0 Å². The Hall–Kier alpha value is -2.21. The number of nitrogens with one attached hydrogen (secondary N) is 1. The van der Waals surface area contributed by atoms with Crippen molar-refractivity contribution in [2.45, 2.75) is 12.5 Å². The van der Waals surface area contributed by atoms with Crippen LogP contribution in [0.25, 0.3) is 10.9 Å². The Morgan fingerprint density at radius 1 is 1.42 bits per heavy atom. The smallest absolute Gasteiger partial charge is 0.295 e. The Bertz CT molecular complexity index is 624. The molecule has 6 nitrogen and oxygen atoms in total. The summed E-state index contributed by atoms with van der Waals surface area (Å²) in [4.78, 5) is 14.7. The van der Waals surface area contributed by atoms with Crippen molar-refractivity contribution >= 4 is 22.3 Å². The molecule has 0 bridgehead atoms. The van der Waals surface area contributed by atoms with E-state index in [-0.39, 0.29) is 11.7 Å². The molecule has 1 aromatic heterocycles. The van der Waals surface area contributed by atoms with Crippen LogP contribution in [-0.4, -0.2) is 29.2 Å². The number of pyridine rings is 1. The quantitative estimate of drug-likeness (QED) is 0.676.